The van der Waals surface area contributed by atoms with Crippen LogP contribution >= 0.6 is 0 Å². The maximum atomic E-state index is 6.55. The average molecular weight is 676 g/mol. The largest absolute Gasteiger partial charge is 0.496 e. The van der Waals surface area contributed by atoms with Crippen LogP contribution in [-0.2, 0) is 32.1 Å². The molecule has 260 valence electrons. The van der Waals surface area contributed by atoms with Crippen molar-refractivity contribution in [2.45, 2.75) is 32.1 Å². The summed E-state index contributed by atoms with van der Waals surface area (Å²) in [5.41, 5.74) is 44.6. The van der Waals surface area contributed by atoms with Gasteiger partial charge in [-0.2, -0.15) is 0 Å². The van der Waals surface area contributed by atoms with Crippen molar-refractivity contribution in [2.75, 3.05) is 64.2 Å². The van der Waals surface area contributed by atoms with Crippen molar-refractivity contribution in [1.82, 2.24) is 0 Å². The van der Waals surface area contributed by atoms with E-state index in [1.165, 1.54) is 0 Å². The monoisotopic (exact) mass is 675 g/mol. The SMILES string of the molecule is COc1c2cc(N)cc1Cc1cc(N)cc(c1OC)Cc1cc(N)cc(c1OC)Cc1cc(N)cc(c1OC)Cc1cc(N)cc(c1OC)C2. The maximum Gasteiger partial charge on any atom is 0.126 e. The molecule has 1 aliphatic rings. The van der Waals surface area contributed by atoms with Crippen molar-refractivity contribution in [3.8, 4) is 28.7 Å². The van der Waals surface area contributed by atoms with E-state index in [0.29, 0.717) is 89.3 Å². The van der Waals surface area contributed by atoms with E-state index < -0.39 is 0 Å². The van der Waals surface area contributed by atoms with Crippen molar-refractivity contribution < 1.29 is 23.7 Å². The molecule has 50 heavy (non-hydrogen) atoms. The second-order valence-corrected chi connectivity index (χ2v) is 12.7. The molecule has 0 radical (unpaired) electrons. The van der Waals surface area contributed by atoms with Crippen LogP contribution in [0.15, 0.2) is 60.7 Å². The molecule has 5 aromatic rings. The minimum atomic E-state index is 0.455. The minimum absolute atomic E-state index is 0.455. The molecular formula is C40H45N5O5. The first-order valence-electron chi connectivity index (χ1n) is 16.3. The van der Waals surface area contributed by atoms with Crippen molar-refractivity contribution in [3.63, 3.8) is 0 Å². The molecule has 10 bridgehead atoms. The zero-order valence-electron chi connectivity index (χ0n) is 29.2. The van der Waals surface area contributed by atoms with Crippen LogP contribution in [-0.4, -0.2) is 35.5 Å². The zero-order chi connectivity index (χ0) is 35.7. The molecule has 0 saturated heterocycles. The predicted molar refractivity (Wildman–Crippen MR) is 201 cm³/mol. The molecule has 0 amide bonds. The lowest BCUT2D eigenvalue weighted by molar-refractivity contribution is 0.396. The van der Waals surface area contributed by atoms with Gasteiger partial charge in [-0.3, -0.25) is 0 Å². The van der Waals surface area contributed by atoms with Crippen molar-refractivity contribution in [1.29, 1.82) is 0 Å². The summed E-state index contributed by atoms with van der Waals surface area (Å²) in [5, 5.41) is 0. The van der Waals surface area contributed by atoms with E-state index in [4.69, 9.17) is 52.4 Å². The first-order valence-corrected chi connectivity index (χ1v) is 16.3. The Balaban J connectivity index is 1.66. The van der Waals surface area contributed by atoms with Gasteiger partial charge in [-0.05, 0) is 60.7 Å². The number of anilines is 5. The van der Waals surface area contributed by atoms with Crippen LogP contribution in [0.2, 0.25) is 0 Å². The highest BCUT2D eigenvalue weighted by atomic mass is 16.5. The Morgan fingerprint density at radius 2 is 0.400 bits per heavy atom. The van der Waals surface area contributed by atoms with Crippen LogP contribution in [0.3, 0.4) is 0 Å². The summed E-state index contributed by atoms with van der Waals surface area (Å²) in [5.74, 6) is 3.52. The average Bonchev–Trinajstić information content (AvgIpc) is 3.04. The smallest absolute Gasteiger partial charge is 0.126 e. The fourth-order valence-electron chi connectivity index (χ4n) is 7.56. The van der Waals surface area contributed by atoms with E-state index >= 15 is 0 Å². The molecule has 0 aromatic heterocycles. The Morgan fingerprint density at radius 1 is 0.280 bits per heavy atom. The highest BCUT2D eigenvalue weighted by molar-refractivity contribution is 5.65. The fraction of sp³-hybridized carbons (Fsp3) is 0.250. The summed E-state index contributed by atoms with van der Waals surface area (Å²) in [7, 11) is 8.31. The second kappa shape index (κ2) is 13.9. The van der Waals surface area contributed by atoms with Crippen LogP contribution in [0, 0.1) is 0 Å². The van der Waals surface area contributed by atoms with Gasteiger partial charge in [0.25, 0.3) is 0 Å². The number of fused-ring (bicyclic) bond motifs is 10. The van der Waals surface area contributed by atoms with E-state index in [1.54, 1.807) is 35.5 Å². The van der Waals surface area contributed by atoms with Gasteiger partial charge in [0.15, 0.2) is 0 Å². The first-order chi connectivity index (χ1) is 24.0. The third-order valence-electron chi connectivity index (χ3n) is 9.25. The highest BCUT2D eigenvalue weighted by Gasteiger charge is 2.23. The second-order valence-electron chi connectivity index (χ2n) is 12.7. The summed E-state index contributed by atoms with van der Waals surface area (Å²) in [6.07, 6.45) is 2.28. The van der Waals surface area contributed by atoms with Gasteiger partial charge in [0.05, 0.1) is 35.5 Å². The molecule has 1 aliphatic carbocycles. The predicted octanol–water partition coefficient (Wildman–Crippen LogP) is 5.91. The Bertz CT molecular complexity index is 1630. The first kappa shape index (κ1) is 34.0. The lowest BCUT2D eigenvalue weighted by Crippen LogP contribution is -2.08. The van der Waals surface area contributed by atoms with Crippen LogP contribution < -0.4 is 52.4 Å². The number of nitrogen functional groups attached to an aromatic ring is 5. The molecule has 0 unspecified atom stereocenters. The summed E-state index contributed by atoms with van der Waals surface area (Å²) >= 11 is 0. The standard InChI is InChI=1S/C40H45N5O5/c1-46-36-21-6-23-13-32(42)15-25(37(23)47-2)8-27-17-34(44)19-29(39(27)49-4)10-30-20-35(45)18-28(40(30)50-5)9-26-16-33(43)14-24(38(26)48-3)7-22(36)12-31(41)11-21/h11-20H,6-10,41-45H2,1-5H3. The normalized spacial score (nSPS) is 12.5. The van der Waals surface area contributed by atoms with Crippen molar-refractivity contribution in [3.05, 3.63) is 116 Å². The number of benzene rings is 5. The van der Waals surface area contributed by atoms with Gasteiger partial charge < -0.3 is 52.4 Å². The van der Waals surface area contributed by atoms with Gasteiger partial charge >= 0.3 is 0 Å². The molecule has 0 saturated carbocycles. The van der Waals surface area contributed by atoms with Gasteiger partial charge in [-0.25, -0.2) is 0 Å². The van der Waals surface area contributed by atoms with Crippen molar-refractivity contribution in [2.24, 2.45) is 0 Å². The lowest BCUT2D eigenvalue weighted by atomic mass is 9.90. The summed E-state index contributed by atoms with van der Waals surface area (Å²) in [6.45, 7) is 0. The highest BCUT2D eigenvalue weighted by Crippen LogP contribution is 2.41. The minimum Gasteiger partial charge on any atom is -0.496 e. The molecule has 10 nitrogen and oxygen atoms in total. The molecule has 0 fully saturated rings. The molecule has 0 heterocycles. The maximum absolute atomic E-state index is 6.55. The topological polar surface area (TPSA) is 176 Å². The summed E-state index contributed by atoms with van der Waals surface area (Å²) in [6, 6.07) is 19.3. The van der Waals surface area contributed by atoms with E-state index in [1.807, 2.05) is 60.7 Å². The van der Waals surface area contributed by atoms with Gasteiger partial charge in [0.1, 0.15) is 28.7 Å². The molecule has 0 spiro atoms. The Morgan fingerprint density at radius 3 is 0.500 bits per heavy atom. The van der Waals surface area contributed by atoms with E-state index in [0.717, 1.165) is 55.6 Å². The molecular weight excluding hydrogens is 630 g/mol. The van der Waals surface area contributed by atoms with Gasteiger partial charge in [-0.15, -0.1) is 0 Å². The number of hydrogen-bond acceptors (Lipinski definition) is 10. The summed E-state index contributed by atoms with van der Waals surface area (Å²) in [4.78, 5) is 0. The Hall–Kier alpha value is -5.90. The van der Waals surface area contributed by atoms with Crippen LogP contribution in [0.1, 0.15) is 55.6 Å². The van der Waals surface area contributed by atoms with Crippen LogP contribution in [0.25, 0.3) is 0 Å². The van der Waals surface area contributed by atoms with Gasteiger partial charge in [-0.1, -0.05) is 0 Å². The molecule has 0 atom stereocenters. The number of rotatable bonds is 5. The third kappa shape index (κ3) is 6.56. The molecule has 10 heteroatoms. The molecule has 5 aromatic carbocycles. The molecule has 6 rings (SSSR count). The number of nitrogens with two attached hydrogens (primary N) is 5. The number of methoxy groups -OCH3 is 5. The molecule has 0 aliphatic heterocycles. The van der Waals surface area contributed by atoms with E-state index in [2.05, 4.69) is 0 Å². The number of ether oxygens (including phenoxy) is 5. The summed E-state index contributed by atoms with van der Waals surface area (Å²) < 4.78 is 30.4. The van der Waals surface area contributed by atoms with Crippen LogP contribution in [0.4, 0.5) is 28.4 Å². The Kier molecular flexibility index (Phi) is 9.46. The Labute approximate surface area is 293 Å². The zero-order valence-corrected chi connectivity index (χ0v) is 29.2. The lowest BCUT2D eigenvalue weighted by Gasteiger charge is -2.22. The number of hydrogen-bond donors (Lipinski definition) is 5. The molecule has 10 N–H and O–H groups in total. The van der Waals surface area contributed by atoms with Gasteiger partial charge in [0.2, 0.25) is 0 Å². The quantitative estimate of drug-likeness (QED) is 0.138. The third-order valence-corrected chi connectivity index (χ3v) is 9.25. The van der Waals surface area contributed by atoms with Gasteiger partial charge in [0, 0.05) is 116 Å². The van der Waals surface area contributed by atoms with Crippen molar-refractivity contribution >= 4 is 28.4 Å². The van der Waals surface area contributed by atoms with E-state index in [9.17, 15) is 0 Å². The van der Waals surface area contributed by atoms with Crippen LogP contribution in [0.5, 0.6) is 28.7 Å². The fourth-order valence-corrected chi connectivity index (χ4v) is 7.56. The van der Waals surface area contributed by atoms with E-state index in [-0.39, 0.29) is 0 Å².